The summed E-state index contributed by atoms with van der Waals surface area (Å²) >= 11 is 0.935. The third-order valence-corrected chi connectivity index (χ3v) is 3.92. The molecule has 0 aliphatic carbocycles. The number of aromatic nitrogens is 2. The second-order valence-corrected chi connectivity index (χ2v) is 5.43. The van der Waals surface area contributed by atoms with Gasteiger partial charge in [0.1, 0.15) is 5.52 Å². The van der Waals surface area contributed by atoms with Gasteiger partial charge >= 0.3 is 0 Å². The third-order valence-electron chi connectivity index (χ3n) is 3.35. The molecule has 21 heavy (non-hydrogen) atoms. The molecule has 2 aromatic carbocycles. The lowest BCUT2D eigenvalue weighted by Gasteiger charge is -1.98. The van der Waals surface area contributed by atoms with Gasteiger partial charge in [-0.05, 0) is 24.3 Å². The maximum absolute atomic E-state index is 8.23. The highest BCUT2D eigenvalue weighted by Gasteiger charge is 2.10. The molecule has 0 saturated carbocycles. The molecule has 0 atom stereocenters. The molecule has 4 aromatic rings. The van der Waals surface area contributed by atoms with Crippen molar-refractivity contribution in [3.63, 3.8) is 0 Å². The van der Waals surface area contributed by atoms with Crippen molar-refractivity contribution in [1.29, 1.82) is 0 Å². The molecule has 6 nitrogen and oxygen atoms in total. The van der Waals surface area contributed by atoms with Gasteiger partial charge in [0.05, 0.1) is 17.6 Å². The lowest BCUT2D eigenvalue weighted by Crippen LogP contribution is -1.78. The summed E-state index contributed by atoms with van der Waals surface area (Å²) in [5.41, 5.74) is 3.57. The summed E-state index contributed by atoms with van der Waals surface area (Å²) in [4.78, 5) is 8.52. The zero-order valence-electron chi connectivity index (χ0n) is 10.9. The van der Waals surface area contributed by atoms with E-state index in [0.29, 0.717) is 5.89 Å². The number of benzene rings is 2. The van der Waals surface area contributed by atoms with E-state index in [2.05, 4.69) is 19.3 Å². The summed E-state index contributed by atoms with van der Waals surface area (Å²) in [6.45, 7) is 1.83. The van der Waals surface area contributed by atoms with Crippen LogP contribution in [-0.4, -0.2) is 15.2 Å². The van der Waals surface area contributed by atoms with E-state index in [0.717, 1.165) is 49.8 Å². The number of hydrogen-bond donors (Lipinski definition) is 2. The van der Waals surface area contributed by atoms with E-state index in [1.54, 1.807) is 0 Å². The van der Waals surface area contributed by atoms with Gasteiger partial charge in [-0.3, -0.25) is 0 Å². The van der Waals surface area contributed by atoms with Gasteiger partial charge in [-0.1, -0.05) is 5.04 Å². The van der Waals surface area contributed by atoms with Gasteiger partial charge in [-0.2, -0.15) is 0 Å². The first-order valence-corrected chi connectivity index (χ1v) is 6.96. The average molecular weight is 302 g/mol. The molecule has 0 fully saturated rings. The van der Waals surface area contributed by atoms with Gasteiger partial charge in [0, 0.05) is 34.2 Å². The van der Waals surface area contributed by atoms with Crippen molar-refractivity contribution >= 4 is 44.9 Å². The Kier molecular flexibility index (Phi) is 2.86. The number of nitrogens with one attached hydrogen (secondary N) is 1. The maximum atomic E-state index is 8.23. The van der Waals surface area contributed by atoms with E-state index in [-0.39, 0.29) is 0 Å². The van der Waals surface area contributed by atoms with Crippen LogP contribution in [0, 0.1) is 6.92 Å². The maximum Gasteiger partial charge on any atom is 0.192 e. The van der Waals surface area contributed by atoms with Crippen LogP contribution < -0.4 is 0 Å². The van der Waals surface area contributed by atoms with Crippen molar-refractivity contribution < 1.29 is 19.0 Å². The van der Waals surface area contributed by atoms with Crippen LogP contribution in [0.4, 0.5) is 0 Å². The molecule has 4 rings (SSSR count). The highest BCUT2D eigenvalue weighted by Crippen LogP contribution is 2.32. The molecule has 106 valence electrons. The predicted octanol–water partition coefficient (Wildman–Crippen LogP) is 4.20. The number of nitrogens with zero attached hydrogens (tertiary/aromatic N) is 1. The summed E-state index contributed by atoms with van der Waals surface area (Å²) in [7, 11) is 0. The second kappa shape index (κ2) is 4.74. The Morgan fingerprint density at radius 3 is 2.90 bits per heavy atom. The second-order valence-electron chi connectivity index (χ2n) is 4.66. The van der Waals surface area contributed by atoms with Crippen LogP contribution in [0.5, 0.6) is 0 Å². The number of oxazole rings is 1. The average Bonchev–Trinajstić information content (AvgIpc) is 3.00. The molecule has 0 amide bonds. The largest absolute Gasteiger partial charge is 0.441 e. The van der Waals surface area contributed by atoms with E-state index in [1.807, 2.05) is 37.3 Å². The normalized spacial score (nSPS) is 11.9. The van der Waals surface area contributed by atoms with Gasteiger partial charge in [-0.15, -0.1) is 4.33 Å². The Labute approximate surface area is 122 Å². The molecular weight excluding hydrogens is 292 g/mol. The van der Waals surface area contributed by atoms with Crippen LogP contribution in [0.2, 0.25) is 0 Å². The molecule has 7 heteroatoms. The van der Waals surface area contributed by atoms with Crippen molar-refractivity contribution in [3.8, 4) is 0 Å². The Hall–Kier alpha value is -2.06. The van der Waals surface area contributed by atoms with Crippen molar-refractivity contribution in [1.82, 2.24) is 9.97 Å². The van der Waals surface area contributed by atoms with E-state index >= 15 is 0 Å². The van der Waals surface area contributed by atoms with Crippen LogP contribution >= 0.6 is 12.0 Å². The van der Waals surface area contributed by atoms with Crippen LogP contribution in [0.1, 0.15) is 5.89 Å². The van der Waals surface area contributed by atoms with Crippen LogP contribution in [0.25, 0.3) is 32.9 Å². The first-order valence-electron chi connectivity index (χ1n) is 6.22. The number of rotatable bonds is 3. The Bertz CT molecular complexity index is 960. The first kappa shape index (κ1) is 12.7. The molecule has 2 N–H and O–H groups in total. The number of aryl methyl sites for hydroxylation is 1. The highest BCUT2D eigenvalue weighted by molar-refractivity contribution is 7.94. The van der Waals surface area contributed by atoms with Gasteiger partial charge in [0.25, 0.3) is 0 Å². The summed E-state index contributed by atoms with van der Waals surface area (Å²) in [6.07, 6.45) is 0. The fourth-order valence-electron chi connectivity index (χ4n) is 2.52. The molecule has 0 bridgehead atoms. The van der Waals surface area contributed by atoms with Crippen molar-refractivity contribution in [3.05, 3.63) is 36.2 Å². The fraction of sp³-hybridized carbons (Fsp3) is 0.0714. The zero-order chi connectivity index (χ0) is 14.4. The van der Waals surface area contributed by atoms with Crippen LogP contribution in [0.15, 0.2) is 39.6 Å². The molecule has 0 aliphatic heterocycles. The predicted molar refractivity (Wildman–Crippen MR) is 78.8 cm³/mol. The molecule has 0 aliphatic rings. The van der Waals surface area contributed by atoms with Gasteiger partial charge in [-0.25, -0.2) is 10.2 Å². The lowest BCUT2D eigenvalue weighted by molar-refractivity contribution is -0.432. The SMILES string of the molecule is Cc1nc2cc3c(cc2o1)[nH]c1ccc(SOOO)cc13. The third kappa shape index (κ3) is 2.07. The number of fused-ring (bicyclic) bond motifs is 4. The highest BCUT2D eigenvalue weighted by atomic mass is 32.2. The van der Waals surface area contributed by atoms with Crippen LogP contribution in [-0.2, 0) is 9.37 Å². The zero-order valence-corrected chi connectivity index (χ0v) is 11.7. The molecule has 0 unspecified atom stereocenters. The first-order chi connectivity index (χ1) is 10.2. The van der Waals surface area contributed by atoms with Gasteiger partial charge in [0.15, 0.2) is 11.5 Å². The summed E-state index contributed by atoms with van der Waals surface area (Å²) < 4.78 is 10.0. The number of hydrogen-bond acceptors (Lipinski definition) is 6. The van der Waals surface area contributed by atoms with E-state index in [1.165, 1.54) is 0 Å². The molecule has 2 aromatic heterocycles. The monoisotopic (exact) mass is 302 g/mol. The van der Waals surface area contributed by atoms with Crippen LogP contribution in [0.3, 0.4) is 0 Å². The standard InChI is InChI=1S/C14H10N2O4S/c1-7-15-13-5-10-9-4-8(21-20-19-17)2-3-11(9)16-12(10)6-14(13)18-7/h2-6,16-17H,1H3. The molecule has 0 saturated heterocycles. The Balaban J connectivity index is 1.96. The minimum absolute atomic E-state index is 0.645. The fourth-order valence-corrected chi connectivity index (χ4v) is 2.92. The lowest BCUT2D eigenvalue weighted by atomic mass is 10.1. The molecular formula is C14H10N2O4S. The smallest absolute Gasteiger partial charge is 0.192 e. The van der Waals surface area contributed by atoms with Gasteiger partial charge < -0.3 is 9.40 Å². The number of H-pyrrole nitrogens is 1. The topological polar surface area (TPSA) is 80.5 Å². The van der Waals surface area contributed by atoms with E-state index in [4.69, 9.17) is 9.67 Å². The summed E-state index contributed by atoms with van der Waals surface area (Å²) in [5, 5.41) is 13.9. The quantitative estimate of drug-likeness (QED) is 0.335. The van der Waals surface area contributed by atoms with Gasteiger partial charge in [0.2, 0.25) is 0 Å². The van der Waals surface area contributed by atoms with Crippen molar-refractivity contribution in [2.75, 3.05) is 0 Å². The minimum atomic E-state index is 0.645. The Morgan fingerprint density at radius 2 is 2.05 bits per heavy atom. The minimum Gasteiger partial charge on any atom is -0.441 e. The van der Waals surface area contributed by atoms with Crippen molar-refractivity contribution in [2.45, 2.75) is 11.8 Å². The van der Waals surface area contributed by atoms with E-state index in [9.17, 15) is 0 Å². The van der Waals surface area contributed by atoms with Crippen molar-refractivity contribution in [2.24, 2.45) is 0 Å². The Morgan fingerprint density at radius 1 is 1.19 bits per heavy atom. The molecule has 2 heterocycles. The summed E-state index contributed by atoms with van der Waals surface area (Å²) in [5.74, 6) is 0.645. The molecule has 0 radical (unpaired) electrons. The molecule has 0 spiro atoms. The summed E-state index contributed by atoms with van der Waals surface area (Å²) in [6, 6.07) is 9.71. The van der Waals surface area contributed by atoms with E-state index < -0.39 is 0 Å². The number of aromatic amines is 1.